The van der Waals surface area contributed by atoms with Gasteiger partial charge < -0.3 is 5.32 Å². The molecule has 0 bridgehead atoms. The number of carbonyl (C=O) groups is 1. The van der Waals surface area contributed by atoms with E-state index in [0.717, 1.165) is 11.3 Å². The molecule has 1 fully saturated rings. The first-order valence-electron chi connectivity index (χ1n) is 6.55. The van der Waals surface area contributed by atoms with Gasteiger partial charge in [0.2, 0.25) is 5.91 Å². The van der Waals surface area contributed by atoms with Crippen LogP contribution in [0.2, 0.25) is 0 Å². The van der Waals surface area contributed by atoms with Crippen molar-refractivity contribution < 1.29 is 13.6 Å². The molecule has 2 heterocycles. The highest BCUT2D eigenvalue weighted by Crippen LogP contribution is 2.26. The van der Waals surface area contributed by atoms with Gasteiger partial charge in [0.15, 0.2) is 0 Å². The molecule has 0 saturated carbocycles. The summed E-state index contributed by atoms with van der Waals surface area (Å²) in [7, 11) is 0. The lowest BCUT2D eigenvalue weighted by Gasteiger charge is -2.11. The monoisotopic (exact) mass is 328 g/mol. The minimum absolute atomic E-state index is 0. The summed E-state index contributed by atoms with van der Waals surface area (Å²) in [5, 5.41) is 11.9. The van der Waals surface area contributed by atoms with Crippen molar-refractivity contribution in [3.8, 4) is 11.3 Å². The van der Waals surface area contributed by atoms with E-state index in [4.69, 9.17) is 0 Å². The molecular formula is C14H15ClF2N4O. The Morgan fingerprint density at radius 2 is 2.00 bits per heavy atom. The number of benzene rings is 1. The van der Waals surface area contributed by atoms with E-state index in [0.29, 0.717) is 5.69 Å². The molecule has 0 spiro atoms. The van der Waals surface area contributed by atoms with E-state index in [9.17, 15) is 13.6 Å². The second-order valence-corrected chi connectivity index (χ2v) is 5.03. The van der Waals surface area contributed by atoms with Crippen molar-refractivity contribution in [1.82, 2.24) is 15.5 Å². The SMILES string of the molecule is Cl.O=C(Nc1ccc(-c2ccn[nH]2)cc1)C1CC(F)(F)CN1. The number of halogens is 3. The van der Waals surface area contributed by atoms with Gasteiger partial charge in [0.05, 0.1) is 18.3 Å². The minimum atomic E-state index is -2.81. The highest BCUT2D eigenvalue weighted by Gasteiger charge is 2.42. The molecule has 1 aromatic carbocycles. The molecule has 1 amide bonds. The predicted molar refractivity (Wildman–Crippen MR) is 81.3 cm³/mol. The Hall–Kier alpha value is -1.99. The number of nitrogens with one attached hydrogen (secondary N) is 3. The molecule has 118 valence electrons. The summed E-state index contributed by atoms with van der Waals surface area (Å²) in [5.41, 5.74) is 2.36. The molecule has 8 heteroatoms. The molecule has 1 aromatic heterocycles. The molecule has 2 aromatic rings. The first-order valence-corrected chi connectivity index (χ1v) is 6.55. The molecule has 22 heavy (non-hydrogen) atoms. The van der Waals surface area contributed by atoms with Gasteiger partial charge in [0, 0.05) is 18.3 Å². The normalized spacial score (nSPS) is 19.5. The van der Waals surface area contributed by atoms with Crippen LogP contribution in [0.15, 0.2) is 36.5 Å². The van der Waals surface area contributed by atoms with Crippen LogP contribution in [0.3, 0.4) is 0 Å². The second-order valence-electron chi connectivity index (χ2n) is 5.03. The largest absolute Gasteiger partial charge is 0.325 e. The van der Waals surface area contributed by atoms with Gasteiger partial charge in [-0.05, 0) is 23.8 Å². The summed E-state index contributed by atoms with van der Waals surface area (Å²) in [4.78, 5) is 11.9. The van der Waals surface area contributed by atoms with E-state index >= 15 is 0 Å². The number of aromatic nitrogens is 2. The zero-order chi connectivity index (χ0) is 14.9. The maximum atomic E-state index is 13.1. The Morgan fingerprint density at radius 3 is 2.55 bits per heavy atom. The summed E-state index contributed by atoms with van der Waals surface area (Å²) in [6, 6.07) is 8.06. The molecule has 0 radical (unpaired) electrons. The van der Waals surface area contributed by atoms with Crippen LogP contribution in [0.4, 0.5) is 14.5 Å². The number of hydrogen-bond acceptors (Lipinski definition) is 3. The zero-order valence-corrected chi connectivity index (χ0v) is 12.3. The van der Waals surface area contributed by atoms with Crippen molar-refractivity contribution >= 4 is 24.0 Å². The first kappa shape index (κ1) is 16.4. The van der Waals surface area contributed by atoms with Crippen LogP contribution in [0.5, 0.6) is 0 Å². The Bertz CT molecular complexity index is 631. The highest BCUT2D eigenvalue weighted by molar-refractivity contribution is 5.95. The van der Waals surface area contributed by atoms with Crippen LogP contribution in [0.25, 0.3) is 11.3 Å². The lowest BCUT2D eigenvalue weighted by atomic mass is 10.1. The van der Waals surface area contributed by atoms with Gasteiger partial charge >= 0.3 is 0 Å². The summed E-state index contributed by atoms with van der Waals surface area (Å²) >= 11 is 0. The molecule has 1 aliphatic rings. The molecule has 3 rings (SSSR count). The number of rotatable bonds is 3. The van der Waals surface area contributed by atoms with Crippen LogP contribution in [-0.2, 0) is 4.79 Å². The van der Waals surface area contributed by atoms with Crippen molar-refractivity contribution in [2.45, 2.75) is 18.4 Å². The van der Waals surface area contributed by atoms with Crippen molar-refractivity contribution in [3.63, 3.8) is 0 Å². The lowest BCUT2D eigenvalue weighted by Crippen LogP contribution is -2.35. The van der Waals surface area contributed by atoms with E-state index in [-0.39, 0.29) is 12.4 Å². The molecule has 1 atom stereocenters. The van der Waals surface area contributed by atoms with Crippen LogP contribution in [0, 0.1) is 0 Å². The average Bonchev–Trinajstić information content (AvgIpc) is 3.09. The zero-order valence-electron chi connectivity index (χ0n) is 11.5. The van der Waals surface area contributed by atoms with Crippen molar-refractivity contribution in [2.75, 3.05) is 11.9 Å². The summed E-state index contributed by atoms with van der Waals surface area (Å²) in [6.07, 6.45) is 1.18. The molecular weight excluding hydrogens is 314 g/mol. The third-order valence-corrected chi connectivity index (χ3v) is 3.39. The van der Waals surface area contributed by atoms with Gasteiger partial charge in [-0.1, -0.05) is 12.1 Å². The fraction of sp³-hybridized carbons (Fsp3) is 0.286. The first-order chi connectivity index (χ1) is 10.0. The molecule has 0 aliphatic carbocycles. The number of H-pyrrole nitrogens is 1. The Morgan fingerprint density at radius 1 is 1.27 bits per heavy atom. The highest BCUT2D eigenvalue weighted by atomic mass is 35.5. The molecule has 1 unspecified atom stereocenters. The van der Waals surface area contributed by atoms with Crippen LogP contribution in [0.1, 0.15) is 6.42 Å². The van der Waals surface area contributed by atoms with Crippen molar-refractivity contribution in [3.05, 3.63) is 36.5 Å². The fourth-order valence-corrected chi connectivity index (χ4v) is 2.28. The van der Waals surface area contributed by atoms with Crippen molar-refractivity contribution in [1.29, 1.82) is 0 Å². The van der Waals surface area contributed by atoms with Gasteiger partial charge in [0.1, 0.15) is 0 Å². The van der Waals surface area contributed by atoms with E-state index in [2.05, 4.69) is 20.8 Å². The Kier molecular flexibility index (Phi) is 4.77. The van der Waals surface area contributed by atoms with Gasteiger partial charge in [-0.25, -0.2) is 8.78 Å². The number of carbonyl (C=O) groups excluding carboxylic acids is 1. The quantitative estimate of drug-likeness (QED) is 0.810. The van der Waals surface area contributed by atoms with E-state index in [1.165, 1.54) is 0 Å². The molecule has 1 aliphatic heterocycles. The minimum Gasteiger partial charge on any atom is -0.325 e. The number of aromatic amines is 1. The van der Waals surface area contributed by atoms with Crippen molar-refractivity contribution in [2.24, 2.45) is 0 Å². The number of alkyl halides is 2. The van der Waals surface area contributed by atoms with E-state index in [1.807, 2.05) is 18.2 Å². The Balaban J connectivity index is 0.00000176. The number of amides is 1. The molecule has 5 nitrogen and oxygen atoms in total. The summed E-state index contributed by atoms with van der Waals surface area (Å²) < 4.78 is 26.1. The molecule has 3 N–H and O–H groups in total. The number of anilines is 1. The summed E-state index contributed by atoms with van der Waals surface area (Å²) in [6.45, 7) is -0.455. The third kappa shape index (κ3) is 3.61. The lowest BCUT2D eigenvalue weighted by molar-refractivity contribution is -0.118. The topological polar surface area (TPSA) is 69.8 Å². The number of hydrogen-bond donors (Lipinski definition) is 3. The van der Waals surface area contributed by atoms with Gasteiger partial charge in [0.25, 0.3) is 5.92 Å². The van der Waals surface area contributed by atoms with Crippen LogP contribution >= 0.6 is 12.4 Å². The second kappa shape index (κ2) is 6.41. The average molecular weight is 329 g/mol. The Labute approximate surface area is 131 Å². The smallest absolute Gasteiger partial charge is 0.262 e. The third-order valence-electron chi connectivity index (χ3n) is 3.39. The van der Waals surface area contributed by atoms with Gasteiger partial charge in [-0.3, -0.25) is 15.2 Å². The maximum Gasteiger partial charge on any atom is 0.262 e. The predicted octanol–water partition coefficient (Wildman–Crippen LogP) is 2.43. The molecule has 1 saturated heterocycles. The summed E-state index contributed by atoms with van der Waals surface area (Å²) in [5.74, 6) is -3.26. The maximum absolute atomic E-state index is 13.1. The van der Waals surface area contributed by atoms with E-state index < -0.39 is 30.8 Å². The number of nitrogens with zero attached hydrogens (tertiary/aromatic N) is 1. The van der Waals surface area contributed by atoms with Gasteiger partial charge in [-0.15, -0.1) is 12.4 Å². The van der Waals surface area contributed by atoms with Gasteiger partial charge in [-0.2, -0.15) is 5.10 Å². The van der Waals surface area contributed by atoms with Crippen LogP contribution in [-0.4, -0.2) is 34.6 Å². The fourth-order valence-electron chi connectivity index (χ4n) is 2.28. The van der Waals surface area contributed by atoms with Crippen LogP contribution < -0.4 is 10.6 Å². The van der Waals surface area contributed by atoms with E-state index in [1.54, 1.807) is 18.3 Å². The standard InChI is InChI=1S/C14H14F2N4O.ClH/c15-14(16)7-12(17-8-14)13(21)19-10-3-1-9(2-4-10)11-5-6-18-20-11;/h1-6,12,17H,7-8H2,(H,18,20)(H,19,21);1H.